The van der Waals surface area contributed by atoms with Gasteiger partial charge < -0.3 is 4.74 Å². The smallest absolute Gasteiger partial charge is 0.119 e. The molecule has 0 saturated carbocycles. The van der Waals surface area contributed by atoms with Crippen LogP contribution in [-0.2, 0) is 0 Å². The number of alkyl halides is 1. The van der Waals surface area contributed by atoms with Gasteiger partial charge in [0.25, 0.3) is 0 Å². The molecule has 78 valence electrons. The summed E-state index contributed by atoms with van der Waals surface area (Å²) >= 11 is 3.42. The second-order valence-corrected chi connectivity index (χ2v) is 4.01. The molecule has 0 amide bonds. The van der Waals surface area contributed by atoms with Crippen molar-refractivity contribution in [2.45, 2.75) is 19.8 Å². The van der Waals surface area contributed by atoms with Crippen molar-refractivity contribution in [3.63, 3.8) is 0 Å². The highest BCUT2D eigenvalue weighted by Gasteiger charge is 1.97. The average Bonchev–Trinajstić information content (AvgIpc) is 2.18. The highest BCUT2D eigenvalue weighted by Crippen LogP contribution is 2.21. The zero-order chi connectivity index (χ0) is 10.4. The van der Waals surface area contributed by atoms with Gasteiger partial charge in [0, 0.05) is 4.47 Å². The van der Waals surface area contributed by atoms with Crippen molar-refractivity contribution in [3.8, 4) is 5.75 Å². The molecule has 14 heavy (non-hydrogen) atoms. The standard InChI is InChI=1S/C11H14BrFO/c1-9-8-10(4-5-11(9)12)14-7-3-2-6-13/h4-5,8H,2-3,6-7H2,1H3. The molecule has 0 aliphatic rings. The zero-order valence-corrected chi connectivity index (χ0v) is 9.81. The van der Waals surface area contributed by atoms with Crippen molar-refractivity contribution in [2.24, 2.45) is 0 Å². The summed E-state index contributed by atoms with van der Waals surface area (Å²) in [6.07, 6.45) is 1.35. The van der Waals surface area contributed by atoms with Crippen LogP contribution in [0.1, 0.15) is 18.4 Å². The first-order valence-electron chi connectivity index (χ1n) is 4.69. The molecule has 1 rings (SSSR count). The van der Waals surface area contributed by atoms with E-state index in [1.54, 1.807) is 0 Å². The van der Waals surface area contributed by atoms with Gasteiger partial charge in [-0.2, -0.15) is 0 Å². The molecule has 0 spiro atoms. The Hall–Kier alpha value is -0.570. The van der Waals surface area contributed by atoms with Gasteiger partial charge in [-0.25, -0.2) is 0 Å². The van der Waals surface area contributed by atoms with E-state index < -0.39 is 0 Å². The van der Waals surface area contributed by atoms with Gasteiger partial charge in [0.05, 0.1) is 13.3 Å². The van der Waals surface area contributed by atoms with E-state index in [0.717, 1.165) is 22.2 Å². The molecule has 0 radical (unpaired) electrons. The Morgan fingerprint density at radius 1 is 1.36 bits per heavy atom. The number of ether oxygens (including phenoxy) is 1. The minimum Gasteiger partial charge on any atom is -0.494 e. The van der Waals surface area contributed by atoms with Crippen molar-refractivity contribution >= 4 is 15.9 Å². The highest BCUT2D eigenvalue weighted by molar-refractivity contribution is 9.10. The van der Waals surface area contributed by atoms with E-state index in [2.05, 4.69) is 15.9 Å². The zero-order valence-electron chi connectivity index (χ0n) is 8.22. The van der Waals surface area contributed by atoms with E-state index >= 15 is 0 Å². The molecule has 0 aliphatic heterocycles. The largest absolute Gasteiger partial charge is 0.494 e. The fraction of sp³-hybridized carbons (Fsp3) is 0.455. The fourth-order valence-electron chi connectivity index (χ4n) is 1.09. The van der Waals surface area contributed by atoms with Crippen LogP contribution in [0.4, 0.5) is 4.39 Å². The van der Waals surface area contributed by atoms with Crippen LogP contribution in [0.25, 0.3) is 0 Å². The molecule has 1 nitrogen and oxygen atoms in total. The first-order chi connectivity index (χ1) is 6.74. The number of unbranched alkanes of at least 4 members (excludes halogenated alkanes) is 1. The lowest BCUT2D eigenvalue weighted by Gasteiger charge is -2.06. The number of halogens is 2. The summed E-state index contributed by atoms with van der Waals surface area (Å²) < 4.78 is 18.3. The topological polar surface area (TPSA) is 9.23 Å². The van der Waals surface area contributed by atoms with Gasteiger partial charge in [-0.1, -0.05) is 15.9 Å². The number of hydrogen-bond donors (Lipinski definition) is 0. The monoisotopic (exact) mass is 260 g/mol. The molecule has 0 N–H and O–H groups in total. The van der Waals surface area contributed by atoms with E-state index in [0.29, 0.717) is 13.0 Å². The molecule has 0 aliphatic carbocycles. The minimum absolute atomic E-state index is 0.261. The van der Waals surface area contributed by atoms with E-state index in [-0.39, 0.29) is 6.67 Å². The molecular weight excluding hydrogens is 247 g/mol. The Kier molecular flexibility index (Phi) is 4.94. The van der Waals surface area contributed by atoms with Crippen molar-refractivity contribution in [3.05, 3.63) is 28.2 Å². The van der Waals surface area contributed by atoms with Crippen LogP contribution in [-0.4, -0.2) is 13.3 Å². The minimum atomic E-state index is -0.261. The Labute approximate surface area is 92.4 Å². The summed E-state index contributed by atoms with van der Waals surface area (Å²) in [6.45, 7) is 2.34. The van der Waals surface area contributed by atoms with Crippen molar-refractivity contribution in [2.75, 3.05) is 13.3 Å². The third-order valence-corrected chi connectivity index (χ3v) is 2.82. The van der Waals surface area contributed by atoms with Gasteiger partial charge in [-0.05, 0) is 43.5 Å². The summed E-state index contributed by atoms with van der Waals surface area (Å²) in [5, 5.41) is 0. The van der Waals surface area contributed by atoms with Crippen molar-refractivity contribution < 1.29 is 9.13 Å². The predicted octanol–water partition coefficient (Wildman–Crippen LogP) is 3.89. The van der Waals surface area contributed by atoms with Crippen LogP contribution in [0, 0.1) is 6.92 Å². The lowest BCUT2D eigenvalue weighted by Crippen LogP contribution is -1.97. The van der Waals surface area contributed by atoms with Crippen LogP contribution in [0.3, 0.4) is 0 Å². The van der Waals surface area contributed by atoms with Crippen LogP contribution in [0.2, 0.25) is 0 Å². The van der Waals surface area contributed by atoms with E-state index in [9.17, 15) is 4.39 Å². The maximum Gasteiger partial charge on any atom is 0.119 e. The van der Waals surface area contributed by atoms with E-state index in [1.165, 1.54) is 0 Å². The summed E-state index contributed by atoms with van der Waals surface area (Å²) in [6, 6.07) is 5.84. The Balaban J connectivity index is 2.39. The van der Waals surface area contributed by atoms with Crippen LogP contribution in [0.15, 0.2) is 22.7 Å². The molecule has 0 bridgehead atoms. The third kappa shape index (κ3) is 3.66. The molecule has 0 aromatic heterocycles. The van der Waals surface area contributed by atoms with E-state index in [1.807, 2.05) is 25.1 Å². The lowest BCUT2D eigenvalue weighted by atomic mass is 10.2. The molecule has 1 aromatic rings. The number of benzene rings is 1. The van der Waals surface area contributed by atoms with Crippen LogP contribution in [0.5, 0.6) is 5.75 Å². The number of hydrogen-bond acceptors (Lipinski definition) is 1. The van der Waals surface area contributed by atoms with Gasteiger partial charge in [0.15, 0.2) is 0 Å². The Bertz CT molecular complexity index is 289. The summed E-state index contributed by atoms with van der Waals surface area (Å²) in [4.78, 5) is 0. The van der Waals surface area contributed by atoms with Gasteiger partial charge in [0.1, 0.15) is 5.75 Å². The molecule has 0 atom stereocenters. The highest BCUT2D eigenvalue weighted by atomic mass is 79.9. The normalized spacial score (nSPS) is 10.2. The molecule has 0 saturated heterocycles. The van der Waals surface area contributed by atoms with Gasteiger partial charge in [-0.15, -0.1) is 0 Å². The van der Waals surface area contributed by atoms with E-state index in [4.69, 9.17) is 4.74 Å². The molecule has 0 unspecified atom stereocenters. The summed E-state index contributed by atoms with van der Waals surface area (Å²) in [5.74, 6) is 0.851. The second-order valence-electron chi connectivity index (χ2n) is 3.16. The maximum atomic E-state index is 11.8. The summed E-state index contributed by atoms with van der Waals surface area (Å²) in [5.41, 5.74) is 1.15. The van der Waals surface area contributed by atoms with Gasteiger partial charge >= 0.3 is 0 Å². The lowest BCUT2D eigenvalue weighted by molar-refractivity contribution is 0.297. The predicted molar refractivity (Wildman–Crippen MR) is 59.6 cm³/mol. The molecule has 1 aromatic carbocycles. The van der Waals surface area contributed by atoms with Crippen molar-refractivity contribution in [1.82, 2.24) is 0 Å². The molecule has 0 fully saturated rings. The quantitative estimate of drug-likeness (QED) is 0.731. The number of rotatable bonds is 5. The van der Waals surface area contributed by atoms with Gasteiger partial charge in [-0.3, -0.25) is 4.39 Å². The third-order valence-electron chi connectivity index (χ3n) is 1.93. The fourth-order valence-corrected chi connectivity index (χ4v) is 1.34. The first kappa shape index (κ1) is 11.5. The number of aryl methyl sites for hydroxylation is 1. The molecular formula is C11H14BrFO. The Morgan fingerprint density at radius 2 is 2.14 bits per heavy atom. The van der Waals surface area contributed by atoms with Crippen LogP contribution < -0.4 is 4.74 Å². The Morgan fingerprint density at radius 3 is 2.79 bits per heavy atom. The molecule has 3 heteroatoms. The first-order valence-corrected chi connectivity index (χ1v) is 5.48. The second kappa shape index (κ2) is 6.02. The molecule has 0 heterocycles. The average molecular weight is 261 g/mol. The van der Waals surface area contributed by atoms with Crippen LogP contribution >= 0.6 is 15.9 Å². The van der Waals surface area contributed by atoms with Crippen molar-refractivity contribution in [1.29, 1.82) is 0 Å². The maximum absolute atomic E-state index is 11.8. The SMILES string of the molecule is Cc1cc(OCCCCF)ccc1Br. The van der Waals surface area contributed by atoms with Gasteiger partial charge in [0.2, 0.25) is 0 Å². The summed E-state index contributed by atoms with van der Waals surface area (Å²) in [7, 11) is 0.